The highest BCUT2D eigenvalue weighted by atomic mass is 14.4. The van der Waals surface area contributed by atoms with Gasteiger partial charge in [0.25, 0.3) is 0 Å². The summed E-state index contributed by atoms with van der Waals surface area (Å²) in [7, 11) is 0. The Morgan fingerprint density at radius 2 is 1.62 bits per heavy atom. The third-order valence-corrected chi connectivity index (χ3v) is 3.97. The summed E-state index contributed by atoms with van der Waals surface area (Å²) in [5.41, 5.74) is 1.73. The average Bonchev–Trinajstić information content (AvgIpc) is 3.15. The molecule has 2 aliphatic rings. The molecule has 1 aromatic rings. The van der Waals surface area contributed by atoms with Gasteiger partial charge in [0, 0.05) is 11.3 Å². The van der Waals surface area contributed by atoms with E-state index in [0.717, 1.165) is 5.92 Å². The normalized spacial score (nSPS) is 32.9. The summed E-state index contributed by atoms with van der Waals surface area (Å²) in [4.78, 5) is 0. The summed E-state index contributed by atoms with van der Waals surface area (Å²) >= 11 is 0. The van der Waals surface area contributed by atoms with E-state index < -0.39 is 0 Å². The van der Waals surface area contributed by atoms with E-state index in [1.807, 2.05) is 0 Å². The molecule has 1 fully saturated rings. The second kappa shape index (κ2) is 3.62. The number of hydrogen-bond donors (Lipinski definition) is 0. The number of allylic oxidation sites excluding steroid dienone is 4. The van der Waals surface area contributed by atoms with Gasteiger partial charge in [-0.3, -0.25) is 0 Å². The van der Waals surface area contributed by atoms with E-state index in [0.29, 0.717) is 11.3 Å². The van der Waals surface area contributed by atoms with Gasteiger partial charge in [-0.15, -0.1) is 0 Å². The fraction of sp³-hybridized carbons (Fsp3) is 0.375. The lowest BCUT2D eigenvalue weighted by Crippen LogP contribution is -2.16. The molecule has 0 radical (unpaired) electrons. The molecule has 0 aliphatic heterocycles. The smallest absolute Gasteiger partial charge is 0.0199 e. The maximum atomic E-state index is 2.42. The molecule has 0 saturated heterocycles. The molecule has 1 saturated carbocycles. The van der Waals surface area contributed by atoms with Crippen LogP contribution in [-0.2, 0) is 0 Å². The molecular formula is C16H18. The minimum Gasteiger partial charge on any atom is -0.0776 e. The Kier molecular flexibility index (Phi) is 2.24. The maximum Gasteiger partial charge on any atom is 0.0199 e. The van der Waals surface area contributed by atoms with Crippen molar-refractivity contribution in [2.45, 2.75) is 25.7 Å². The molecule has 0 heterocycles. The molecule has 0 atom stereocenters. The molecule has 0 spiro atoms. The maximum absolute atomic E-state index is 2.42. The minimum atomic E-state index is 0.339. The molecule has 0 nitrogen and oxygen atoms in total. The van der Waals surface area contributed by atoms with Gasteiger partial charge < -0.3 is 0 Å². The van der Waals surface area contributed by atoms with Crippen LogP contribution < -0.4 is 0 Å². The van der Waals surface area contributed by atoms with E-state index in [1.165, 1.54) is 18.4 Å². The molecule has 0 aromatic heterocycles. The fourth-order valence-electron chi connectivity index (χ4n) is 2.62. The molecule has 82 valence electrons. The zero-order chi connectivity index (χ0) is 11.0. The van der Waals surface area contributed by atoms with Gasteiger partial charge >= 0.3 is 0 Å². The number of benzene rings is 1. The van der Waals surface area contributed by atoms with Crippen molar-refractivity contribution in [3.63, 3.8) is 0 Å². The quantitative estimate of drug-likeness (QED) is 0.638. The SMILES string of the molecule is CC1(C2CC2)C=CC(c2ccccc2)C=C1. The van der Waals surface area contributed by atoms with Crippen LogP contribution in [0, 0.1) is 11.3 Å². The van der Waals surface area contributed by atoms with Crippen LogP contribution in [0.15, 0.2) is 54.6 Å². The van der Waals surface area contributed by atoms with Crippen molar-refractivity contribution < 1.29 is 0 Å². The highest BCUT2D eigenvalue weighted by Crippen LogP contribution is 2.49. The first-order valence-electron chi connectivity index (χ1n) is 6.22. The summed E-state index contributed by atoms with van der Waals surface area (Å²) in [6.45, 7) is 2.36. The molecule has 0 unspecified atom stereocenters. The topological polar surface area (TPSA) is 0 Å². The van der Waals surface area contributed by atoms with Gasteiger partial charge in [0.2, 0.25) is 0 Å². The predicted octanol–water partition coefficient (Wildman–Crippen LogP) is 4.31. The Bertz CT molecular complexity index is 407. The van der Waals surface area contributed by atoms with E-state index in [9.17, 15) is 0 Å². The van der Waals surface area contributed by atoms with E-state index in [2.05, 4.69) is 61.6 Å². The van der Waals surface area contributed by atoms with Crippen LogP contribution >= 0.6 is 0 Å². The van der Waals surface area contributed by atoms with Crippen LogP contribution in [0.4, 0.5) is 0 Å². The van der Waals surface area contributed by atoms with Crippen molar-refractivity contribution in [1.82, 2.24) is 0 Å². The van der Waals surface area contributed by atoms with Crippen molar-refractivity contribution in [2.24, 2.45) is 11.3 Å². The Hall–Kier alpha value is -1.30. The molecule has 0 bridgehead atoms. The first-order valence-corrected chi connectivity index (χ1v) is 6.22. The Morgan fingerprint density at radius 1 is 1.00 bits per heavy atom. The standard InChI is InChI=1S/C16H18/c1-16(15-7-8-15)11-9-14(10-12-16)13-5-3-2-4-6-13/h2-6,9-12,14-15H,7-8H2,1H3. The van der Waals surface area contributed by atoms with Gasteiger partial charge in [-0.1, -0.05) is 61.6 Å². The van der Waals surface area contributed by atoms with Gasteiger partial charge in [-0.05, 0) is 24.3 Å². The fourth-order valence-corrected chi connectivity index (χ4v) is 2.62. The van der Waals surface area contributed by atoms with Crippen LogP contribution in [-0.4, -0.2) is 0 Å². The second-order valence-electron chi connectivity index (χ2n) is 5.29. The second-order valence-corrected chi connectivity index (χ2v) is 5.29. The summed E-state index contributed by atoms with van der Waals surface area (Å²) in [6, 6.07) is 10.7. The zero-order valence-corrected chi connectivity index (χ0v) is 9.77. The Labute approximate surface area is 97.7 Å². The number of rotatable bonds is 2. The molecule has 2 aliphatic carbocycles. The molecule has 0 amide bonds. The average molecular weight is 210 g/mol. The first-order chi connectivity index (χ1) is 7.78. The monoisotopic (exact) mass is 210 g/mol. The van der Waals surface area contributed by atoms with Crippen LogP contribution in [0.25, 0.3) is 0 Å². The van der Waals surface area contributed by atoms with Crippen molar-refractivity contribution in [2.75, 3.05) is 0 Å². The first kappa shape index (κ1) is 9.89. The van der Waals surface area contributed by atoms with Gasteiger partial charge in [-0.25, -0.2) is 0 Å². The van der Waals surface area contributed by atoms with E-state index >= 15 is 0 Å². The van der Waals surface area contributed by atoms with Gasteiger partial charge in [-0.2, -0.15) is 0 Å². The van der Waals surface area contributed by atoms with Crippen LogP contribution in [0.1, 0.15) is 31.2 Å². The third-order valence-electron chi connectivity index (χ3n) is 3.97. The molecule has 0 heteroatoms. The predicted molar refractivity (Wildman–Crippen MR) is 68.3 cm³/mol. The number of hydrogen-bond acceptors (Lipinski definition) is 0. The molecule has 0 N–H and O–H groups in total. The van der Waals surface area contributed by atoms with Crippen molar-refractivity contribution >= 4 is 0 Å². The molecule has 1 aromatic carbocycles. The van der Waals surface area contributed by atoms with Crippen LogP contribution in [0.2, 0.25) is 0 Å². The van der Waals surface area contributed by atoms with Crippen LogP contribution in [0.5, 0.6) is 0 Å². The molecule has 16 heavy (non-hydrogen) atoms. The summed E-state index contributed by atoms with van der Waals surface area (Å²) in [5, 5.41) is 0. The van der Waals surface area contributed by atoms with E-state index in [-0.39, 0.29) is 0 Å². The lowest BCUT2D eigenvalue weighted by Gasteiger charge is -2.27. The summed E-state index contributed by atoms with van der Waals surface area (Å²) in [6.07, 6.45) is 12.4. The van der Waals surface area contributed by atoms with Gasteiger partial charge in [0.15, 0.2) is 0 Å². The Morgan fingerprint density at radius 3 is 2.19 bits per heavy atom. The zero-order valence-electron chi connectivity index (χ0n) is 9.77. The van der Waals surface area contributed by atoms with Crippen molar-refractivity contribution in [1.29, 1.82) is 0 Å². The van der Waals surface area contributed by atoms with Gasteiger partial charge in [0.1, 0.15) is 0 Å². The molecule has 3 rings (SSSR count). The third kappa shape index (κ3) is 1.73. The lowest BCUT2D eigenvalue weighted by molar-refractivity contribution is 0.464. The molecular weight excluding hydrogens is 192 g/mol. The van der Waals surface area contributed by atoms with E-state index in [1.54, 1.807) is 0 Å². The van der Waals surface area contributed by atoms with Gasteiger partial charge in [0.05, 0.1) is 0 Å². The van der Waals surface area contributed by atoms with Crippen LogP contribution in [0.3, 0.4) is 0 Å². The minimum absolute atomic E-state index is 0.339. The highest BCUT2D eigenvalue weighted by Gasteiger charge is 2.38. The lowest BCUT2D eigenvalue weighted by atomic mass is 9.78. The highest BCUT2D eigenvalue weighted by molar-refractivity contribution is 5.34. The largest absolute Gasteiger partial charge is 0.0776 e. The Balaban J connectivity index is 1.81. The van der Waals surface area contributed by atoms with Crippen molar-refractivity contribution in [3.8, 4) is 0 Å². The summed E-state index contributed by atoms with van der Waals surface area (Å²) < 4.78 is 0. The summed E-state index contributed by atoms with van der Waals surface area (Å²) in [5.74, 6) is 1.38. The van der Waals surface area contributed by atoms with E-state index in [4.69, 9.17) is 0 Å². The van der Waals surface area contributed by atoms with Crippen molar-refractivity contribution in [3.05, 3.63) is 60.2 Å².